The molecule has 0 unspecified atom stereocenters. The molecule has 0 radical (unpaired) electrons. The normalized spacial score (nSPS) is 23.6. The predicted octanol–water partition coefficient (Wildman–Crippen LogP) is 4.41. The van der Waals surface area contributed by atoms with Crippen LogP contribution in [-0.4, -0.2) is 12.2 Å². The summed E-state index contributed by atoms with van der Waals surface area (Å²) >= 11 is 0. The first-order valence-corrected chi connectivity index (χ1v) is 6.35. The van der Waals surface area contributed by atoms with Crippen LogP contribution in [-0.2, 0) is 4.74 Å². The van der Waals surface area contributed by atoms with Crippen LogP contribution in [0.1, 0.15) is 67.2 Å². The van der Waals surface area contributed by atoms with E-state index in [0.717, 1.165) is 6.61 Å². The van der Waals surface area contributed by atoms with Crippen LogP contribution in [0.25, 0.3) is 0 Å². The lowest BCUT2D eigenvalue weighted by atomic mass is 9.60. The molecule has 1 heteroatoms. The molecule has 0 amide bonds. The van der Waals surface area contributed by atoms with Gasteiger partial charge in [-0.25, -0.2) is 0 Å². The van der Waals surface area contributed by atoms with Crippen molar-refractivity contribution in [2.45, 2.75) is 72.8 Å². The first-order valence-electron chi connectivity index (χ1n) is 6.35. The van der Waals surface area contributed by atoms with E-state index in [1.54, 1.807) is 0 Å². The molecule has 90 valence electrons. The fraction of sp³-hybridized carbons (Fsp3) is 1.00. The van der Waals surface area contributed by atoms with Crippen LogP contribution in [0.3, 0.4) is 0 Å². The zero-order valence-electron chi connectivity index (χ0n) is 11.4. The Bertz CT molecular complexity index is 180. The van der Waals surface area contributed by atoms with Crippen LogP contribution < -0.4 is 0 Å². The van der Waals surface area contributed by atoms with E-state index in [0.29, 0.717) is 0 Å². The maximum Gasteiger partial charge on any atom is 0.0778 e. The maximum absolute atomic E-state index is 6.32. The highest BCUT2D eigenvalue weighted by molar-refractivity contribution is 5.01. The second-order valence-corrected chi connectivity index (χ2v) is 6.99. The van der Waals surface area contributed by atoms with Crippen molar-refractivity contribution in [1.29, 1.82) is 0 Å². The van der Waals surface area contributed by atoms with Gasteiger partial charge in [-0.15, -0.1) is 0 Å². The molecule has 0 atom stereocenters. The zero-order chi connectivity index (χ0) is 11.7. The first-order chi connectivity index (χ1) is 6.71. The summed E-state index contributed by atoms with van der Waals surface area (Å²) in [6.07, 6.45) is 5.08. The highest BCUT2D eigenvalue weighted by Gasteiger charge is 2.51. The minimum Gasteiger partial charge on any atom is -0.374 e. The van der Waals surface area contributed by atoms with Crippen LogP contribution in [0.5, 0.6) is 0 Å². The molecule has 0 aliphatic carbocycles. The van der Waals surface area contributed by atoms with Gasteiger partial charge < -0.3 is 4.74 Å². The Morgan fingerprint density at radius 1 is 0.800 bits per heavy atom. The van der Waals surface area contributed by atoms with E-state index in [2.05, 4.69) is 41.5 Å². The predicted molar refractivity (Wildman–Crippen MR) is 66.1 cm³/mol. The molecule has 0 aromatic heterocycles. The Morgan fingerprint density at radius 2 is 1.33 bits per heavy atom. The molecular weight excluding hydrogens is 184 g/mol. The van der Waals surface area contributed by atoms with Gasteiger partial charge in [-0.3, -0.25) is 0 Å². The minimum absolute atomic E-state index is 0.0382. The molecule has 0 spiro atoms. The summed E-state index contributed by atoms with van der Waals surface area (Å²) in [4.78, 5) is 0. The topological polar surface area (TPSA) is 9.23 Å². The summed E-state index contributed by atoms with van der Waals surface area (Å²) in [5, 5.41) is 0. The van der Waals surface area contributed by atoms with E-state index < -0.39 is 0 Å². The second kappa shape index (κ2) is 4.08. The van der Waals surface area contributed by atoms with E-state index >= 15 is 0 Å². The third-order valence-electron chi connectivity index (χ3n) is 3.94. The molecule has 0 aromatic rings. The lowest BCUT2D eigenvalue weighted by molar-refractivity contribution is -0.180. The van der Waals surface area contributed by atoms with Crippen molar-refractivity contribution in [1.82, 2.24) is 0 Å². The Morgan fingerprint density at radius 3 is 1.80 bits per heavy atom. The average molecular weight is 212 g/mol. The van der Waals surface area contributed by atoms with Gasteiger partial charge in [0.25, 0.3) is 0 Å². The molecule has 0 aromatic carbocycles. The van der Waals surface area contributed by atoms with Crippen molar-refractivity contribution in [3.05, 3.63) is 0 Å². The fourth-order valence-electron chi connectivity index (χ4n) is 3.28. The minimum atomic E-state index is 0.0382. The highest BCUT2D eigenvalue weighted by atomic mass is 16.5. The van der Waals surface area contributed by atoms with Crippen LogP contribution in [0.15, 0.2) is 0 Å². The lowest BCUT2D eigenvalue weighted by Crippen LogP contribution is -2.54. The molecule has 0 N–H and O–H groups in total. The van der Waals surface area contributed by atoms with Gasteiger partial charge in [-0.2, -0.15) is 0 Å². The molecule has 0 saturated carbocycles. The Hall–Kier alpha value is -0.0400. The molecule has 1 nitrogen and oxygen atoms in total. The standard InChI is InChI=1S/C14H28O/c1-12(2,3)14(13(4,5)6)10-8-7-9-11-15-14/h7-11H2,1-6H3. The van der Waals surface area contributed by atoms with E-state index in [-0.39, 0.29) is 16.4 Å². The largest absolute Gasteiger partial charge is 0.374 e. The number of ether oxygens (including phenoxy) is 1. The Kier molecular flexibility index (Phi) is 3.55. The number of rotatable bonds is 0. The lowest BCUT2D eigenvalue weighted by Gasteiger charge is -2.53. The van der Waals surface area contributed by atoms with Crippen molar-refractivity contribution in [3.63, 3.8) is 0 Å². The molecule has 15 heavy (non-hydrogen) atoms. The van der Waals surface area contributed by atoms with E-state index in [1.807, 2.05) is 0 Å². The number of hydrogen-bond donors (Lipinski definition) is 0. The van der Waals surface area contributed by atoms with Crippen LogP contribution >= 0.6 is 0 Å². The van der Waals surface area contributed by atoms with E-state index in [4.69, 9.17) is 4.74 Å². The molecule has 1 aliphatic heterocycles. The van der Waals surface area contributed by atoms with E-state index in [9.17, 15) is 0 Å². The Balaban J connectivity index is 3.05. The molecule has 1 rings (SSSR count). The van der Waals surface area contributed by atoms with Crippen LogP contribution in [0.4, 0.5) is 0 Å². The van der Waals surface area contributed by atoms with Crippen LogP contribution in [0.2, 0.25) is 0 Å². The summed E-state index contributed by atoms with van der Waals surface area (Å²) in [6, 6.07) is 0. The molecule has 1 aliphatic rings. The van der Waals surface area contributed by atoms with E-state index in [1.165, 1.54) is 25.7 Å². The summed E-state index contributed by atoms with van der Waals surface area (Å²) in [5.74, 6) is 0. The third-order valence-corrected chi connectivity index (χ3v) is 3.94. The van der Waals surface area contributed by atoms with Crippen molar-refractivity contribution in [2.24, 2.45) is 10.8 Å². The van der Waals surface area contributed by atoms with Gasteiger partial charge in [-0.1, -0.05) is 54.4 Å². The molecule has 1 heterocycles. The van der Waals surface area contributed by atoms with Gasteiger partial charge in [0.2, 0.25) is 0 Å². The van der Waals surface area contributed by atoms with Gasteiger partial charge in [-0.05, 0) is 23.7 Å². The van der Waals surface area contributed by atoms with Crippen molar-refractivity contribution in [2.75, 3.05) is 6.61 Å². The van der Waals surface area contributed by atoms with Crippen molar-refractivity contribution < 1.29 is 4.74 Å². The van der Waals surface area contributed by atoms with Crippen molar-refractivity contribution in [3.8, 4) is 0 Å². The summed E-state index contributed by atoms with van der Waals surface area (Å²) in [7, 11) is 0. The van der Waals surface area contributed by atoms with Crippen LogP contribution in [0, 0.1) is 10.8 Å². The zero-order valence-corrected chi connectivity index (χ0v) is 11.4. The maximum atomic E-state index is 6.32. The molecular formula is C14H28O. The fourth-order valence-corrected chi connectivity index (χ4v) is 3.28. The SMILES string of the molecule is CC(C)(C)C1(C(C)(C)C)CCCCCO1. The Labute approximate surface area is 95.6 Å². The average Bonchev–Trinajstić information content (AvgIpc) is 2.25. The summed E-state index contributed by atoms with van der Waals surface area (Å²) in [6.45, 7) is 14.9. The van der Waals surface area contributed by atoms with Gasteiger partial charge in [0.1, 0.15) is 0 Å². The second-order valence-electron chi connectivity index (χ2n) is 6.99. The first kappa shape index (κ1) is 13.0. The van der Waals surface area contributed by atoms with Crippen molar-refractivity contribution >= 4 is 0 Å². The monoisotopic (exact) mass is 212 g/mol. The highest BCUT2D eigenvalue weighted by Crippen LogP contribution is 2.50. The quantitative estimate of drug-likeness (QED) is 0.578. The molecule has 0 bridgehead atoms. The molecule has 1 fully saturated rings. The smallest absolute Gasteiger partial charge is 0.0778 e. The van der Waals surface area contributed by atoms with Gasteiger partial charge in [0, 0.05) is 6.61 Å². The summed E-state index contributed by atoms with van der Waals surface area (Å²) < 4.78 is 6.32. The van der Waals surface area contributed by atoms with Gasteiger partial charge in [0.05, 0.1) is 5.60 Å². The third kappa shape index (κ3) is 2.38. The number of hydrogen-bond acceptors (Lipinski definition) is 1. The van der Waals surface area contributed by atoms with Gasteiger partial charge >= 0.3 is 0 Å². The molecule has 1 saturated heterocycles. The van der Waals surface area contributed by atoms with Gasteiger partial charge in [0.15, 0.2) is 0 Å². The summed E-state index contributed by atoms with van der Waals surface area (Å²) in [5.41, 5.74) is 0.474.